The van der Waals surface area contributed by atoms with E-state index < -0.39 is 6.10 Å². The predicted octanol–water partition coefficient (Wildman–Crippen LogP) is 2.76. The van der Waals surface area contributed by atoms with Gasteiger partial charge in [0.05, 0.1) is 69.7 Å². The second kappa shape index (κ2) is 16.1. The Morgan fingerprint density at radius 2 is 0.885 bits per heavy atom. The molecule has 6 nitrogen and oxygen atoms in total. The van der Waals surface area contributed by atoms with E-state index in [9.17, 15) is 5.11 Å². The molecular formula is C19H40O6S. The van der Waals surface area contributed by atoms with Gasteiger partial charge in [-0.15, -0.1) is 0 Å². The van der Waals surface area contributed by atoms with Crippen LogP contribution in [0.1, 0.15) is 41.5 Å². The van der Waals surface area contributed by atoms with E-state index in [4.69, 9.17) is 23.7 Å². The van der Waals surface area contributed by atoms with Crippen LogP contribution in [0.3, 0.4) is 0 Å². The fourth-order valence-electron chi connectivity index (χ4n) is 1.98. The van der Waals surface area contributed by atoms with Gasteiger partial charge < -0.3 is 28.8 Å². The molecule has 0 saturated carbocycles. The third kappa shape index (κ3) is 16.3. The van der Waals surface area contributed by atoms with Gasteiger partial charge in [0, 0.05) is 5.75 Å². The molecule has 0 heterocycles. The molecule has 0 aliphatic rings. The average Bonchev–Trinajstić information content (AvgIpc) is 2.59. The number of rotatable bonds is 17. The lowest BCUT2D eigenvalue weighted by molar-refractivity contribution is -0.0979. The Hall–Kier alpha value is 0.110. The molecule has 6 atom stereocenters. The highest BCUT2D eigenvalue weighted by Crippen LogP contribution is 2.05. The summed E-state index contributed by atoms with van der Waals surface area (Å²) in [6.07, 6.45) is 1.83. The number of thioether (sulfide) groups is 1. The second-order valence-electron chi connectivity index (χ2n) is 7.02. The summed E-state index contributed by atoms with van der Waals surface area (Å²) in [4.78, 5) is 0. The minimum absolute atomic E-state index is 0.00367. The predicted molar refractivity (Wildman–Crippen MR) is 107 cm³/mol. The molecule has 26 heavy (non-hydrogen) atoms. The molecule has 0 aliphatic heterocycles. The molecule has 0 spiro atoms. The fourth-order valence-corrected chi connectivity index (χ4v) is 2.54. The second-order valence-corrected chi connectivity index (χ2v) is 7.93. The standard InChI is InChI=1S/C19H40O6S/c1-14(20)8-21-15(2)9-22-16(3)10-23-17(4)11-24-18(5)12-25-19(6)13-26-7/h14-20H,8-13H2,1-7H3. The van der Waals surface area contributed by atoms with Crippen molar-refractivity contribution >= 4 is 11.8 Å². The third-order valence-electron chi connectivity index (χ3n) is 3.49. The number of ether oxygens (including phenoxy) is 5. The van der Waals surface area contributed by atoms with Crippen LogP contribution in [0.5, 0.6) is 0 Å². The lowest BCUT2D eigenvalue weighted by Gasteiger charge is -2.22. The Labute approximate surface area is 164 Å². The van der Waals surface area contributed by atoms with Crippen molar-refractivity contribution in [2.45, 2.75) is 78.2 Å². The van der Waals surface area contributed by atoms with Gasteiger partial charge in [-0.1, -0.05) is 0 Å². The van der Waals surface area contributed by atoms with E-state index in [1.807, 2.05) is 27.7 Å². The van der Waals surface area contributed by atoms with Crippen molar-refractivity contribution < 1.29 is 28.8 Å². The minimum Gasteiger partial charge on any atom is -0.391 e. The zero-order valence-electron chi connectivity index (χ0n) is 17.6. The molecule has 1 N–H and O–H groups in total. The molecule has 158 valence electrons. The van der Waals surface area contributed by atoms with Gasteiger partial charge in [0.25, 0.3) is 0 Å². The van der Waals surface area contributed by atoms with Crippen molar-refractivity contribution in [3.63, 3.8) is 0 Å². The summed E-state index contributed by atoms with van der Waals surface area (Å²) in [5.41, 5.74) is 0. The van der Waals surface area contributed by atoms with Gasteiger partial charge in [-0.05, 0) is 47.8 Å². The maximum absolute atomic E-state index is 9.19. The van der Waals surface area contributed by atoms with Crippen LogP contribution in [-0.4, -0.2) is 86.8 Å². The van der Waals surface area contributed by atoms with E-state index in [-0.39, 0.29) is 30.5 Å². The third-order valence-corrected chi connectivity index (χ3v) is 4.29. The van der Waals surface area contributed by atoms with Crippen LogP contribution in [0, 0.1) is 0 Å². The summed E-state index contributed by atoms with van der Waals surface area (Å²) in [5, 5.41) is 9.19. The van der Waals surface area contributed by atoms with Crippen LogP contribution in [0.4, 0.5) is 0 Å². The highest BCUT2D eigenvalue weighted by atomic mass is 32.2. The van der Waals surface area contributed by atoms with Gasteiger partial charge in [-0.25, -0.2) is 0 Å². The maximum Gasteiger partial charge on any atom is 0.0781 e. The average molecular weight is 397 g/mol. The van der Waals surface area contributed by atoms with Crippen LogP contribution in [0.2, 0.25) is 0 Å². The fraction of sp³-hybridized carbons (Fsp3) is 1.00. The van der Waals surface area contributed by atoms with E-state index >= 15 is 0 Å². The van der Waals surface area contributed by atoms with Crippen molar-refractivity contribution in [1.82, 2.24) is 0 Å². The first-order valence-corrected chi connectivity index (χ1v) is 10.9. The number of hydrogen-bond acceptors (Lipinski definition) is 7. The minimum atomic E-state index is -0.458. The SMILES string of the molecule is CSCC(C)OCC(C)OCC(C)OCC(C)OCC(C)OCC(C)O. The first-order chi connectivity index (χ1) is 12.2. The summed E-state index contributed by atoms with van der Waals surface area (Å²) in [5.74, 6) is 0.993. The van der Waals surface area contributed by atoms with E-state index in [2.05, 4.69) is 13.2 Å². The summed E-state index contributed by atoms with van der Waals surface area (Å²) >= 11 is 1.78. The molecule has 0 aromatic carbocycles. The molecule has 0 aromatic heterocycles. The van der Waals surface area contributed by atoms with Crippen LogP contribution >= 0.6 is 11.8 Å². The Morgan fingerprint density at radius 1 is 0.577 bits per heavy atom. The van der Waals surface area contributed by atoms with E-state index in [1.54, 1.807) is 18.7 Å². The molecule has 0 aliphatic carbocycles. The summed E-state index contributed by atoms with van der Waals surface area (Å²) in [6.45, 7) is 14.1. The van der Waals surface area contributed by atoms with Crippen LogP contribution in [0.15, 0.2) is 0 Å². The smallest absolute Gasteiger partial charge is 0.0781 e. The van der Waals surface area contributed by atoms with Crippen LogP contribution in [0.25, 0.3) is 0 Å². The van der Waals surface area contributed by atoms with Gasteiger partial charge in [-0.2, -0.15) is 11.8 Å². The monoisotopic (exact) mass is 396 g/mol. The van der Waals surface area contributed by atoms with Crippen molar-refractivity contribution in [2.75, 3.05) is 45.0 Å². The lowest BCUT2D eigenvalue weighted by Crippen LogP contribution is -2.29. The molecule has 0 radical (unpaired) electrons. The quantitative estimate of drug-likeness (QED) is 0.405. The highest BCUT2D eigenvalue weighted by molar-refractivity contribution is 7.98. The molecule has 0 saturated heterocycles. The van der Waals surface area contributed by atoms with Crippen molar-refractivity contribution in [2.24, 2.45) is 0 Å². The van der Waals surface area contributed by atoms with E-state index in [0.717, 1.165) is 5.75 Å². The first kappa shape index (κ1) is 26.1. The molecule has 0 fully saturated rings. The summed E-state index contributed by atoms with van der Waals surface area (Å²) in [7, 11) is 0. The molecule has 0 aromatic rings. The molecule has 0 amide bonds. The normalized spacial score (nSPS) is 18.9. The molecule has 6 unspecified atom stereocenters. The maximum atomic E-state index is 9.19. The Morgan fingerprint density at radius 3 is 1.19 bits per heavy atom. The van der Waals surface area contributed by atoms with Gasteiger partial charge in [-0.3, -0.25) is 0 Å². The highest BCUT2D eigenvalue weighted by Gasteiger charge is 2.12. The Kier molecular flexibility index (Phi) is 16.2. The largest absolute Gasteiger partial charge is 0.391 e. The number of hydrogen-bond donors (Lipinski definition) is 1. The van der Waals surface area contributed by atoms with Gasteiger partial charge in [0.1, 0.15) is 0 Å². The van der Waals surface area contributed by atoms with Crippen LogP contribution < -0.4 is 0 Å². The van der Waals surface area contributed by atoms with E-state index in [1.165, 1.54) is 0 Å². The molecule has 0 rings (SSSR count). The van der Waals surface area contributed by atoms with E-state index in [0.29, 0.717) is 33.0 Å². The summed E-state index contributed by atoms with van der Waals surface area (Å²) < 4.78 is 28.4. The van der Waals surface area contributed by atoms with Gasteiger partial charge in [0.2, 0.25) is 0 Å². The first-order valence-electron chi connectivity index (χ1n) is 9.49. The number of aliphatic hydroxyl groups excluding tert-OH is 1. The van der Waals surface area contributed by atoms with Crippen molar-refractivity contribution in [1.29, 1.82) is 0 Å². The van der Waals surface area contributed by atoms with Crippen molar-refractivity contribution in [3.8, 4) is 0 Å². The zero-order chi connectivity index (χ0) is 19.9. The molecule has 0 bridgehead atoms. The summed E-state index contributed by atoms with van der Waals surface area (Å²) in [6, 6.07) is 0. The molecule has 7 heteroatoms. The lowest BCUT2D eigenvalue weighted by atomic mass is 10.3. The van der Waals surface area contributed by atoms with Gasteiger partial charge in [0.15, 0.2) is 0 Å². The topological polar surface area (TPSA) is 66.4 Å². The number of aliphatic hydroxyl groups is 1. The van der Waals surface area contributed by atoms with Crippen LogP contribution in [-0.2, 0) is 23.7 Å². The van der Waals surface area contributed by atoms with Gasteiger partial charge >= 0.3 is 0 Å². The van der Waals surface area contributed by atoms with Crippen molar-refractivity contribution in [3.05, 3.63) is 0 Å². The Bertz CT molecular complexity index is 318. The zero-order valence-corrected chi connectivity index (χ0v) is 18.4. The Balaban J connectivity index is 3.72. The molecular weight excluding hydrogens is 356 g/mol.